The Morgan fingerprint density at radius 3 is 2.83 bits per heavy atom. The van der Waals surface area contributed by atoms with Crippen LogP contribution in [0.25, 0.3) is 6.08 Å². The topological polar surface area (TPSA) is 83.4 Å². The quantitative estimate of drug-likeness (QED) is 0.514. The number of nitrogens with one attached hydrogen (secondary N) is 1. The van der Waals surface area contributed by atoms with E-state index < -0.39 is 5.18 Å². The maximum atomic E-state index is 13.1. The molecule has 3 aliphatic rings. The summed E-state index contributed by atoms with van der Waals surface area (Å²) < 4.78 is 11.9. The number of hydrogen-bond acceptors (Lipinski definition) is 7. The molecule has 7 nitrogen and oxygen atoms in total. The number of carbonyl (C=O) groups is 1. The van der Waals surface area contributed by atoms with E-state index in [2.05, 4.69) is 5.32 Å². The molecule has 1 saturated heterocycles. The van der Waals surface area contributed by atoms with Crippen LogP contribution in [0.15, 0.2) is 82.8 Å². The van der Waals surface area contributed by atoms with Gasteiger partial charge in [-0.05, 0) is 54.1 Å². The third kappa shape index (κ3) is 3.70. The van der Waals surface area contributed by atoms with Crippen LogP contribution < -0.4 is 14.8 Å². The summed E-state index contributed by atoms with van der Waals surface area (Å²) in [5, 5.41) is 18.7. The molecule has 35 heavy (non-hydrogen) atoms. The van der Waals surface area contributed by atoms with Gasteiger partial charge in [-0.3, -0.25) is 10.1 Å². The predicted octanol–water partition coefficient (Wildman–Crippen LogP) is 4.85. The first kappa shape index (κ1) is 21.6. The summed E-state index contributed by atoms with van der Waals surface area (Å²) in [6.45, 7) is 2.28. The molecule has 0 aromatic heterocycles. The number of amides is 1. The largest absolute Gasteiger partial charge is 0.504 e. The highest BCUT2D eigenvalue weighted by Gasteiger charge is 2.57. The number of nitrogens with zero attached hydrogens (tertiary/aromatic N) is 2. The lowest BCUT2D eigenvalue weighted by atomic mass is 9.97. The second kappa shape index (κ2) is 8.39. The molecular weight excluding hydrogens is 462 g/mol. The lowest BCUT2D eigenvalue weighted by Crippen LogP contribution is -2.58. The van der Waals surface area contributed by atoms with Crippen LogP contribution in [0.2, 0.25) is 0 Å². The van der Waals surface area contributed by atoms with E-state index >= 15 is 0 Å². The zero-order valence-electron chi connectivity index (χ0n) is 19.0. The van der Waals surface area contributed by atoms with E-state index in [0.29, 0.717) is 23.7 Å². The molecule has 0 radical (unpaired) electrons. The molecule has 176 valence electrons. The van der Waals surface area contributed by atoms with Gasteiger partial charge in [0.1, 0.15) is 5.75 Å². The Morgan fingerprint density at radius 2 is 2.00 bits per heavy atom. The van der Waals surface area contributed by atoms with Gasteiger partial charge in [0, 0.05) is 12.0 Å². The van der Waals surface area contributed by atoms with Crippen molar-refractivity contribution in [1.29, 1.82) is 0 Å². The summed E-state index contributed by atoms with van der Waals surface area (Å²) in [6, 6.07) is 22.9. The second-order valence-corrected chi connectivity index (χ2v) is 9.62. The number of phenols is 1. The molecule has 2 atom stereocenters. The molecular formula is C27H23N3O4S. The molecule has 0 saturated carbocycles. The minimum absolute atomic E-state index is 0.0592. The second-order valence-electron chi connectivity index (χ2n) is 8.42. The summed E-state index contributed by atoms with van der Waals surface area (Å²) in [5.74, 6) is 0.918. The number of para-hydroxylation sites is 1. The molecule has 3 aliphatic heterocycles. The van der Waals surface area contributed by atoms with Crippen molar-refractivity contribution in [3.8, 4) is 17.2 Å². The Bertz CT molecular complexity index is 1370. The van der Waals surface area contributed by atoms with E-state index in [1.54, 1.807) is 24.3 Å². The average Bonchev–Trinajstić information content (AvgIpc) is 3.45. The van der Waals surface area contributed by atoms with Gasteiger partial charge in [-0.25, -0.2) is 5.01 Å². The molecule has 1 spiro atoms. The summed E-state index contributed by atoms with van der Waals surface area (Å²) in [7, 11) is 0. The van der Waals surface area contributed by atoms with Gasteiger partial charge >= 0.3 is 5.18 Å². The highest BCUT2D eigenvalue weighted by atomic mass is 32.2. The van der Waals surface area contributed by atoms with Crippen molar-refractivity contribution < 1.29 is 19.4 Å². The van der Waals surface area contributed by atoms with Crippen molar-refractivity contribution in [2.24, 2.45) is 5.10 Å². The molecule has 0 bridgehead atoms. The number of ether oxygens (including phenoxy) is 2. The molecule has 3 aromatic carbocycles. The number of carbonyl (C=O) groups excluding carboxylic acids is 1. The van der Waals surface area contributed by atoms with Gasteiger partial charge < -0.3 is 14.6 Å². The Morgan fingerprint density at radius 1 is 1.20 bits per heavy atom. The number of hydrogen-bond donors (Lipinski definition) is 2. The zero-order chi connectivity index (χ0) is 24.0. The SMILES string of the molecule is CCOc1cc(/C=C2\S[C@@]3(NC2=O)Oc2ccccc2[C@@H]2CC(c4ccccc4)=NN23)ccc1O. The van der Waals surface area contributed by atoms with Gasteiger partial charge in [0.05, 0.1) is 23.3 Å². The van der Waals surface area contributed by atoms with Crippen molar-refractivity contribution >= 4 is 29.5 Å². The fraction of sp³-hybridized carbons (Fsp3) is 0.185. The Balaban J connectivity index is 1.39. The van der Waals surface area contributed by atoms with E-state index in [-0.39, 0.29) is 17.7 Å². The zero-order valence-corrected chi connectivity index (χ0v) is 19.8. The molecule has 2 N–H and O–H groups in total. The first-order valence-electron chi connectivity index (χ1n) is 11.5. The maximum absolute atomic E-state index is 13.1. The number of benzene rings is 3. The highest BCUT2D eigenvalue weighted by molar-refractivity contribution is 8.05. The minimum Gasteiger partial charge on any atom is -0.504 e. The number of hydrazone groups is 1. The molecule has 0 unspecified atom stereocenters. The number of aromatic hydroxyl groups is 1. The smallest absolute Gasteiger partial charge is 0.336 e. The molecule has 8 heteroatoms. The summed E-state index contributed by atoms with van der Waals surface area (Å²) in [5.41, 5.74) is 3.78. The van der Waals surface area contributed by atoms with E-state index in [1.165, 1.54) is 11.8 Å². The fourth-order valence-electron chi connectivity index (χ4n) is 4.59. The Labute approximate surface area is 207 Å². The average molecular weight is 486 g/mol. The van der Waals surface area contributed by atoms with Crippen LogP contribution in [0.4, 0.5) is 0 Å². The number of phenolic OH excluding ortho intramolecular Hbond substituents is 1. The van der Waals surface area contributed by atoms with Crippen molar-refractivity contribution in [2.45, 2.75) is 24.6 Å². The first-order chi connectivity index (χ1) is 17.1. The van der Waals surface area contributed by atoms with E-state index in [9.17, 15) is 9.90 Å². The van der Waals surface area contributed by atoms with Gasteiger partial charge in [-0.15, -0.1) is 0 Å². The van der Waals surface area contributed by atoms with E-state index in [1.807, 2.05) is 66.5 Å². The summed E-state index contributed by atoms with van der Waals surface area (Å²) in [6.07, 6.45) is 2.48. The third-order valence-electron chi connectivity index (χ3n) is 6.17. The molecule has 1 fully saturated rings. The summed E-state index contributed by atoms with van der Waals surface area (Å²) in [4.78, 5) is 13.6. The van der Waals surface area contributed by atoms with Gasteiger partial charge in [-0.2, -0.15) is 5.10 Å². The van der Waals surface area contributed by atoms with Crippen LogP contribution in [0.1, 0.15) is 36.1 Å². The standard InChI is InChI=1S/C27H23N3O4S/c1-2-33-24-14-17(12-13-22(24)31)15-25-26(32)28-27(35-25)30-21(19-10-6-7-11-23(19)34-27)16-20(29-30)18-8-4-3-5-9-18/h3-15,21,31H,2,16H2,1H3,(H,28,32)/b25-15-/t21-,27+/m0/s1. The third-order valence-corrected chi connectivity index (χ3v) is 7.34. The normalized spacial score (nSPS) is 23.5. The number of fused-ring (bicyclic) bond motifs is 4. The van der Waals surface area contributed by atoms with Crippen molar-refractivity contribution in [3.63, 3.8) is 0 Å². The summed E-state index contributed by atoms with van der Waals surface area (Å²) >= 11 is 1.29. The van der Waals surface area contributed by atoms with Gasteiger partial charge in [0.25, 0.3) is 5.91 Å². The van der Waals surface area contributed by atoms with Crippen LogP contribution in [0.5, 0.6) is 17.2 Å². The Hall–Kier alpha value is -3.91. The van der Waals surface area contributed by atoms with Gasteiger partial charge in [0.15, 0.2) is 11.5 Å². The Kier molecular flexibility index (Phi) is 5.18. The van der Waals surface area contributed by atoms with Gasteiger partial charge in [-0.1, -0.05) is 54.6 Å². The maximum Gasteiger partial charge on any atom is 0.336 e. The van der Waals surface area contributed by atoms with Gasteiger partial charge in [0.2, 0.25) is 0 Å². The predicted molar refractivity (Wildman–Crippen MR) is 135 cm³/mol. The van der Waals surface area contributed by atoms with E-state index in [4.69, 9.17) is 14.6 Å². The van der Waals surface area contributed by atoms with E-state index in [0.717, 1.165) is 28.2 Å². The lowest BCUT2D eigenvalue weighted by Gasteiger charge is -2.43. The number of thioether (sulfide) groups is 1. The molecule has 6 rings (SSSR count). The monoisotopic (exact) mass is 485 g/mol. The van der Waals surface area contributed by atoms with Crippen molar-refractivity contribution in [2.75, 3.05) is 6.61 Å². The molecule has 0 aliphatic carbocycles. The lowest BCUT2D eigenvalue weighted by molar-refractivity contribution is -0.127. The van der Waals surface area contributed by atoms with Crippen LogP contribution in [0, 0.1) is 0 Å². The first-order valence-corrected chi connectivity index (χ1v) is 12.3. The van der Waals surface area contributed by atoms with Crippen LogP contribution >= 0.6 is 11.8 Å². The number of rotatable bonds is 4. The molecule has 3 aromatic rings. The highest BCUT2D eigenvalue weighted by Crippen LogP contribution is 2.53. The van der Waals surface area contributed by atoms with Crippen molar-refractivity contribution in [1.82, 2.24) is 10.3 Å². The van der Waals surface area contributed by atoms with Crippen LogP contribution in [-0.2, 0) is 4.79 Å². The minimum atomic E-state index is -1.20. The molecule has 1 amide bonds. The van der Waals surface area contributed by atoms with Crippen LogP contribution in [-0.4, -0.2) is 33.5 Å². The fourth-order valence-corrected chi connectivity index (χ4v) is 5.76. The molecule has 3 heterocycles. The van der Waals surface area contributed by atoms with Crippen molar-refractivity contribution in [3.05, 3.63) is 94.4 Å². The van der Waals surface area contributed by atoms with Crippen LogP contribution in [0.3, 0.4) is 0 Å².